The van der Waals surface area contributed by atoms with Crippen molar-refractivity contribution in [3.05, 3.63) is 70.9 Å². The summed E-state index contributed by atoms with van der Waals surface area (Å²) in [6.07, 6.45) is -0.777. The second-order valence-electron chi connectivity index (χ2n) is 5.79. The summed E-state index contributed by atoms with van der Waals surface area (Å²) in [6, 6.07) is 11.5. The van der Waals surface area contributed by atoms with Gasteiger partial charge in [0.05, 0.1) is 0 Å². The summed E-state index contributed by atoms with van der Waals surface area (Å²) in [5.41, 5.74) is 0.556. The van der Waals surface area contributed by atoms with Crippen molar-refractivity contribution in [3.8, 4) is 11.5 Å². The fraction of sp³-hybridized carbons (Fsp3) is 0.105. The number of rotatable bonds is 4. The molecular formula is C19H12F2N2O3S. The molecule has 5 nitrogen and oxygen atoms in total. The van der Waals surface area contributed by atoms with E-state index in [9.17, 15) is 13.6 Å². The molecule has 4 aromatic rings. The fourth-order valence-electron chi connectivity index (χ4n) is 2.49. The minimum absolute atomic E-state index is 0.120. The molecule has 2 heterocycles. The van der Waals surface area contributed by atoms with Gasteiger partial charge >= 0.3 is 5.97 Å². The lowest BCUT2D eigenvalue weighted by atomic mass is 10.2. The first-order valence-electron chi connectivity index (χ1n) is 7.99. The maximum absolute atomic E-state index is 13.3. The lowest BCUT2D eigenvalue weighted by Crippen LogP contribution is -2.08. The number of nitrogens with zero attached hydrogens (tertiary/aromatic N) is 2. The van der Waals surface area contributed by atoms with E-state index in [2.05, 4.69) is 10.2 Å². The summed E-state index contributed by atoms with van der Waals surface area (Å²) in [7, 11) is 0. The van der Waals surface area contributed by atoms with Crippen molar-refractivity contribution in [2.24, 2.45) is 0 Å². The van der Waals surface area contributed by atoms with Gasteiger partial charge in [-0.1, -0.05) is 0 Å². The zero-order valence-electron chi connectivity index (χ0n) is 14.0. The van der Waals surface area contributed by atoms with Crippen molar-refractivity contribution in [2.75, 3.05) is 0 Å². The Balaban J connectivity index is 1.50. The van der Waals surface area contributed by atoms with E-state index < -0.39 is 12.1 Å². The molecule has 136 valence electrons. The van der Waals surface area contributed by atoms with Crippen molar-refractivity contribution in [2.45, 2.75) is 13.0 Å². The lowest BCUT2D eigenvalue weighted by molar-refractivity contribution is 0.0286. The summed E-state index contributed by atoms with van der Waals surface area (Å²) in [6.45, 7) is 1.60. The molecule has 0 saturated heterocycles. The number of ether oxygens (including phenoxy) is 1. The maximum Gasteiger partial charge on any atom is 0.349 e. The number of halogens is 2. The second kappa shape index (κ2) is 6.88. The Morgan fingerprint density at radius 2 is 1.81 bits per heavy atom. The molecular weight excluding hydrogens is 374 g/mol. The van der Waals surface area contributed by atoms with Crippen LogP contribution in [0.15, 0.2) is 52.9 Å². The van der Waals surface area contributed by atoms with Gasteiger partial charge in [0.1, 0.15) is 16.5 Å². The van der Waals surface area contributed by atoms with Crippen molar-refractivity contribution in [3.63, 3.8) is 0 Å². The van der Waals surface area contributed by atoms with Crippen LogP contribution < -0.4 is 0 Å². The highest BCUT2D eigenvalue weighted by Crippen LogP contribution is 2.29. The van der Waals surface area contributed by atoms with Crippen LogP contribution in [-0.4, -0.2) is 16.2 Å². The van der Waals surface area contributed by atoms with Crippen LogP contribution in [0, 0.1) is 11.6 Å². The molecule has 2 aromatic carbocycles. The number of carbonyl (C=O) groups is 1. The number of hydrogen-bond acceptors (Lipinski definition) is 6. The smallest absolute Gasteiger partial charge is 0.349 e. The van der Waals surface area contributed by atoms with Crippen LogP contribution in [-0.2, 0) is 4.74 Å². The highest BCUT2D eigenvalue weighted by molar-refractivity contribution is 7.20. The molecule has 0 amide bonds. The first-order chi connectivity index (χ1) is 13.0. The van der Waals surface area contributed by atoms with Gasteiger partial charge in [0.15, 0.2) is 6.10 Å². The first-order valence-corrected chi connectivity index (χ1v) is 8.80. The Labute approximate surface area is 156 Å². The molecule has 0 spiro atoms. The van der Waals surface area contributed by atoms with Crippen LogP contribution >= 0.6 is 11.3 Å². The third-order valence-electron chi connectivity index (χ3n) is 3.84. The van der Waals surface area contributed by atoms with Crippen LogP contribution in [0.4, 0.5) is 8.78 Å². The molecule has 0 bridgehead atoms. The molecule has 0 radical (unpaired) electrons. The zero-order chi connectivity index (χ0) is 19.0. The summed E-state index contributed by atoms with van der Waals surface area (Å²) in [5, 5.41) is 8.41. The standard InChI is InChI=1S/C19H12F2N2O3S/c1-10(17-22-23-18(26-17)11-2-4-13(20)5-3-11)25-19(24)16-9-12-8-14(21)6-7-15(12)27-16/h2-10H,1H3/t10-/m1/s1. The predicted molar refractivity (Wildman–Crippen MR) is 95.3 cm³/mol. The number of hydrogen-bond donors (Lipinski definition) is 0. The van der Waals surface area contributed by atoms with Crippen LogP contribution in [0.1, 0.15) is 28.6 Å². The van der Waals surface area contributed by atoms with E-state index in [1.165, 1.54) is 47.7 Å². The second-order valence-corrected chi connectivity index (χ2v) is 6.88. The Kier molecular flexibility index (Phi) is 4.41. The molecule has 0 fully saturated rings. The molecule has 0 aliphatic carbocycles. The average molecular weight is 386 g/mol. The van der Waals surface area contributed by atoms with E-state index in [1.807, 2.05) is 0 Å². The van der Waals surface area contributed by atoms with Gasteiger partial charge in [-0.15, -0.1) is 21.5 Å². The highest BCUT2D eigenvalue weighted by atomic mass is 32.1. The van der Waals surface area contributed by atoms with Gasteiger partial charge < -0.3 is 9.15 Å². The quantitative estimate of drug-likeness (QED) is 0.454. The molecule has 0 aliphatic rings. The van der Waals surface area contributed by atoms with Crippen LogP contribution in [0.25, 0.3) is 21.5 Å². The minimum Gasteiger partial charge on any atom is -0.448 e. The highest BCUT2D eigenvalue weighted by Gasteiger charge is 2.21. The minimum atomic E-state index is -0.777. The molecule has 0 saturated carbocycles. The Morgan fingerprint density at radius 3 is 2.59 bits per heavy atom. The number of aromatic nitrogens is 2. The molecule has 0 aliphatic heterocycles. The third kappa shape index (κ3) is 3.56. The van der Waals surface area contributed by atoms with E-state index in [0.29, 0.717) is 15.8 Å². The molecule has 2 aromatic heterocycles. The number of benzene rings is 2. The van der Waals surface area contributed by atoms with Gasteiger partial charge in [-0.05, 0) is 60.8 Å². The molecule has 1 atom stereocenters. The molecule has 0 N–H and O–H groups in total. The van der Waals surface area contributed by atoms with E-state index >= 15 is 0 Å². The monoisotopic (exact) mass is 386 g/mol. The van der Waals surface area contributed by atoms with Gasteiger partial charge in [-0.2, -0.15) is 0 Å². The third-order valence-corrected chi connectivity index (χ3v) is 4.94. The van der Waals surface area contributed by atoms with Gasteiger partial charge in [0.25, 0.3) is 5.89 Å². The average Bonchev–Trinajstić information content (AvgIpc) is 3.29. The largest absolute Gasteiger partial charge is 0.448 e. The summed E-state index contributed by atoms with van der Waals surface area (Å²) >= 11 is 1.21. The van der Waals surface area contributed by atoms with Crippen LogP contribution in [0.3, 0.4) is 0 Å². The topological polar surface area (TPSA) is 65.2 Å². The van der Waals surface area contributed by atoms with Gasteiger partial charge in [0.2, 0.25) is 5.89 Å². The van der Waals surface area contributed by atoms with Crippen molar-refractivity contribution < 1.29 is 22.7 Å². The molecule has 27 heavy (non-hydrogen) atoms. The molecule has 4 rings (SSSR count). The first kappa shape index (κ1) is 17.3. The van der Waals surface area contributed by atoms with Gasteiger partial charge in [0, 0.05) is 10.3 Å². The SMILES string of the molecule is C[C@@H](OC(=O)c1cc2cc(F)ccc2s1)c1nnc(-c2ccc(F)cc2)o1. The van der Waals surface area contributed by atoms with Crippen molar-refractivity contribution in [1.82, 2.24) is 10.2 Å². The molecule has 8 heteroatoms. The number of fused-ring (bicyclic) bond motifs is 1. The fourth-order valence-corrected chi connectivity index (χ4v) is 3.42. The zero-order valence-corrected chi connectivity index (χ0v) is 14.8. The van der Waals surface area contributed by atoms with Crippen LogP contribution in [0.5, 0.6) is 0 Å². The van der Waals surface area contributed by atoms with Gasteiger partial charge in [-0.25, -0.2) is 13.6 Å². The van der Waals surface area contributed by atoms with Crippen molar-refractivity contribution >= 4 is 27.4 Å². The molecule has 0 unspecified atom stereocenters. The normalized spacial score (nSPS) is 12.3. The van der Waals surface area contributed by atoms with Crippen LogP contribution in [0.2, 0.25) is 0 Å². The number of thiophene rings is 1. The number of esters is 1. The van der Waals surface area contributed by atoms with Crippen molar-refractivity contribution in [1.29, 1.82) is 0 Å². The summed E-state index contributed by atoms with van der Waals surface area (Å²) in [5.74, 6) is -0.984. The predicted octanol–water partition coefficient (Wildman–Crippen LogP) is 5.15. The Hall–Kier alpha value is -3.13. The van der Waals surface area contributed by atoms with E-state index in [4.69, 9.17) is 9.15 Å². The summed E-state index contributed by atoms with van der Waals surface area (Å²) in [4.78, 5) is 12.7. The summed E-state index contributed by atoms with van der Waals surface area (Å²) < 4.78 is 37.9. The van der Waals surface area contributed by atoms with E-state index in [-0.39, 0.29) is 23.4 Å². The lowest BCUT2D eigenvalue weighted by Gasteiger charge is -2.07. The maximum atomic E-state index is 13.3. The number of carbonyl (C=O) groups excluding carboxylic acids is 1. The van der Waals surface area contributed by atoms with E-state index in [1.54, 1.807) is 19.1 Å². The van der Waals surface area contributed by atoms with E-state index in [0.717, 1.165) is 4.70 Å². The Morgan fingerprint density at radius 1 is 1.07 bits per heavy atom. The Bertz CT molecular complexity index is 1120. The van der Waals surface area contributed by atoms with Gasteiger partial charge in [-0.3, -0.25) is 0 Å².